The van der Waals surface area contributed by atoms with Gasteiger partial charge in [0.2, 0.25) is 5.91 Å². The van der Waals surface area contributed by atoms with Crippen molar-refractivity contribution >= 4 is 23.5 Å². The first-order chi connectivity index (χ1) is 13.4. The van der Waals surface area contributed by atoms with E-state index in [2.05, 4.69) is 0 Å². The normalized spacial score (nSPS) is 13.2. The molecule has 1 aromatic carbocycles. The summed E-state index contributed by atoms with van der Waals surface area (Å²) in [5.41, 5.74) is 1.74. The first-order valence-corrected chi connectivity index (χ1v) is 8.73. The fourth-order valence-electron chi connectivity index (χ4n) is 2.70. The van der Waals surface area contributed by atoms with Gasteiger partial charge in [0.25, 0.3) is 0 Å². The van der Waals surface area contributed by atoms with Crippen LogP contribution in [0.25, 0.3) is 0 Å². The van der Waals surface area contributed by atoms with Gasteiger partial charge in [-0.05, 0) is 36.3 Å². The van der Waals surface area contributed by atoms with Crippen LogP contribution in [0.4, 0.5) is 5.69 Å². The molecular weight excluding hydrogens is 360 g/mol. The topological polar surface area (TPSA) is 76.2 Å². The number of allylic oxidation sites excluding steroid dienone is 2. The van der Waals surface area contributed by atoms with Crippen LogP contribution in [0, 0.1) is 0 Å². The van der Waals surface area contributed by atoms with Gasteiger partial charge in [-0.1, -0.05) is 18.2 Å². The molecule has 0 saturated carbocycles. The van der Waals surface area contributed by atoms with Gasteiger partial charge in [-0.3, -0.25) is 4.79 Å². The van der Waals surface area contributed by atoms with Gasteiger partial charge in [-0.25, -0.2) is 9.59 Å². The Hall–Kier alpha value is -3.35. The van der Waals surface area contributed by atoms with Crippen LogP contribution in [0.3, 0.4) is 0 Å². The number of carbonyl (C=O) groups excluding carboxylic acids is 3. The summed E-state index contributed by atoms with van der Waals surface area (Å²) in [4.78, 5) is 39.6. The van der Waals surface area contributed by atoms with E-state index in [1.165, 1.54) is 20.3 Å². The van der Waals surface area contributed by atoms with Gasteiger partial charge in [0, 0.05) is 32.4 Å². The highest BCUT2D eigenvalue weighted by molar-refractivity contribution is 6.05. The van der Waals surface area contributed by atoms with Crippen LogP contribution in [0.1, 0.15) is 12.0 Å². The maximum absolute atomic E-state index is 12.5. The molecule has 1 aliphatic rings. The second kappa shape index (κ2) is 9.55. The number of nitrogens with zero attached hydrogens (tertiary/aromatic N) is 2. The summed E-state index contributed by atoms with van der Waals surface area (Å²) in [5.74, 6) is -1.27. The van der Waals surface area contributed by atoms with Gasteiger partial charge < -0.3 is 19.3 Å². The van der Waals surface area contributed by atoms with Crippen molar-refractivity contribution in [1.29, 1.82) is 0 Å². The molecule has 0 radical (unpaired) electrons. The number of aryl methyl sites for hydroxylation is 1. The molecule has 0 spiro atoms. The van der Waals surface area contributed by atoms with E-state index < -0.39 is 11.9 Å². The number of esters is 2. The largest absolute Gasteiger partial charge is 0.465 e. The molecule has 2 rings (SSSR count). The molecule has 7 heteroatoms. The highest BCUT2D eigenvalue weighted by Gasteiger charge is 2.27. The number of ether oxygens (including phenoxy) is 2. The number of benzene rings is 1. The maximum atomic E-state index is 12.5. The van der Waals surface area contributed by atoms with Crippen LogP contribution in [0.5, 0.6) is 0 Å². The lowest BCUT2D eigenvalue weighted by Gasteiger charge is -2.23. The third-order valence-corrected chi connectivity index (χ3v) is 4.20. The molecule has 0 fully saturated rings. The number of rotatable bonds is 6. The van der Waals surface area contributed by atoms with E-state index in [9.17, 15) is 14.4 Å². The molecule has 28 heavy (non-hydrogen) atoms. The van der Waals surface area contributed by atoms with E-state index in [1.807, 2.05) is 24.3 Å². The lowest BCUT2D eigenvalue weighted by Crippen LogP contribution is -2.27. The molecule has 0 unspecified atom stereocenters. The van der Waals surface area contributed by atoms with Gasteiger partial charge in [-0.2, -0.15) is 0 Å². The molecule has 0 aliphatic carbocycles. The molecule has 1 aromatic rings. The molecule has 0 saturated heterocycles. The molecule has 7 nitrogen and oxygen atoms in total. The van der Waals surface area contributed by atoms with Crippen molar-refractivity contribution in [2.75, 3.05) is 33.2 Å². The molecule has 0 bridgehead atoms. The smallest absolute Gasteiger partial charge is 0.355 e. The Balaban J connectivity index is 2.43. The molecule has 0 N–H and O–H groups in total. The Bertz CT molecular complexity index is 852. The minimum absolute atomic E-state index is 0.0346. The van der Waals surface area contributed by atoms with Gasteiger partial charge in [-0.15, -0.1) is 0 Å². The molecule has 0 aromatic heterocycles. The van der Waals surface area contributed by atoms with Gasteiger partial charge in [0.05, 0.1) is 19.8 Å². The lowest BCUT2D eigenvalue weighted by atomic mass is 10.1. The van der Waals surface area contributed by atoms with E-state index in [0.29, 0.717) is 18.5 Å². The summed E-state index contributed by atoms with van der Waals surface area (Å²) >= 11 is 0. The second-order valence-electron chi connectivity index (χ2n) is 6.27. The van der Waals surface area contributed by atoms with Crippen LogP contribution in [0.15, 0.2) is 60.0 Å². The molecule has 1 heterocycles. The van der Waals surface area contributed by atoms with Crippen molar-refractivity contribution in [1.82, 2.24) is 4.90 Å². The molecule has 0 atom stereocenters. The van der Waals surface area contributed by atoms with Crippen molar-refractivity contribution < 1.29 is 23.9 Å². The van der Waals surface area contributed by atoms with Crippen LogP contribution in [-0.2, 0) is 30.3 Å². The van der Waals surface area contributed by atoms with Crippen molar-refractivity contribution in [2.24, 2.45) is 0 Å². The van der Waals surface area contributed by atoms with E-state index in [4.69, 9.17) is 9.47 Å². The van der Waals surface area contributed by atoms with Crippen LogP contribution < -0.4 is 4.90 Å². The summed E-state index contributed by atoms with van der Waals surface area (Å²) in [5, 5.41) is 0. The fraction of sp³-hybridized carbons (Fsp3) is 0.286. The number of carbonyl (C=O) groups is 3. The third-order valence-electron chi connectivity index (χ3n) is 4.20. The Morgan fingerprint density at radius 1 is 1.04 bits per heavy atom. The zero-order valence-electron chi connectivity index (χ0n) is 16.5. The number of hydrogen-bond acceptors (Lipinski definition) is 6. The maximum Gasteiger partial charge on any atom is 0.355 e. The summed E-state index contributed by atoms with van der Waals surface area (Å²) in [6, 6.07) is 7.43. The number of anilines is 1. The average molecular weight is 384 g/mol. The van der Waals surface area contributed by atoms with Crippen molar-refractivity contribution in [3.63, 3.8) is 0 Å². The predicted octanol–water partition coefficient (Wildman–Crippen LogP) is 2.20. The summed E-state index contributed by atoms with van der Waals surface area (Å²) in [6.07, 6.45) is 7.47. The summed E-state index contributed by atoms with van der Waals surface area (Å²) < 4.78 is 9.71. The van der Waals surface area contributed by atoms with Crippen molar-refractivity contribution in [3.05, 3.63) is 65.5 Å². The minimum Gasteiger partial charge on any atom is -0.465 e. The molecule has 1 aliphatic heterocycles. The summed E-state index contributed by atoms with van der Waals surface area (Å²) in [6.45, 7) is 0. The number of amides is 1. The fourth-order valence-corrected chi connectivity index (χ4v) is 2.70. The highest BCUT2D eigenvalue weighted by Crippen LogP contribution is 2.27. The van der Waals surface area contributed by atoms with Crippen LogP contribution >= 0.6 is 0 Å². The Labute approximate surface area is 164 Å². The summed E-state index contributed by atoms with van der Waals surface area (Å²) in [7, 11) is 5.94. The predicted molar refractivity (Wildman–Crippen MR) is 105 cm³/mol. The van der Waals surface area contributed by atoms with Crippen LogP contribution in [0.2, 0.25) is 0 Å². The Morgan fingerprint density at radius 3 is 2.39 bits per heavy atom. The van der Waals surface area contributed by atoms with Gasteiger partial charge in [0.1, 0.15) is 5.70 Å². The van der Waals surface area contributed by atoms with E-state index >= 15 is 0 Å². The highest BCUT2D eigenvalue weighted by atomic mass is 16.5. The first kappa shape index (κ1) is 21.0. The molecule has 148 valence electrons. The van der Waals surface area contributed by atoms with E-state index in [1.54, 1.807) is 42.2 Å². The van der Waals surface area contributed by atoms with Crippen molar-refractivity contribution in [2.45, 2.75) is 12.8 Å². The number of hydrogen-bond donors (Lipinski definition) is 0. The lowest BCUT2D eigenvalue weighted by molar-refractivity contribution is -0.139. The monoisotopic (exact) mass is 384 g/mol. The van der Waals surface area contributed by atoms with E-state index in [0.717, 1.165) is 5.56 Å². The Kier molecular flexibility index (Phi) is 7.14. The van der Waals surface area contributed by atoms with Crippen LogP contribution in [-0.4, -0.2) is 51.1 Å². The quantitative estimate of drug-likeness (QED) is 0.700. The second-order valence-corrected chi connectivity index (χ2v) is 6.27. The minimum atomic E-state index is -0.662. The average Bonchev–Trinajstić information content (AvgIpc) is 2.93. The number of methoxy groups -OCH3 is 2. The molecular formula is C21H24N2O5. The molecule has 1 amide bonds. The zero-order valence-corrected chi connectivity index (χ0v) is 16.5. The SMILES string of the molecule is COC(=O)C1=C(C(=O)OC)N(c2cccc(CCC(=O)N(C)C)c2)C=CC=C1. The zero-order chi connectivity index (χ0) is 20.7. The first-order valence-electron chi connectivity index (χ1n) is 8.73. The Morgan fingerprint density at radius 2 is 1.75 bits per heavy atom. The third kappa shape index (κ3) is 4.88. The van der Waals surface area contributed by atoms with Crippen molar-refractivity contribution in [3.8, 4) is 0 Å². The standard InChI is InChI=1S/C21H24N2O5/c1-22(2)18(24)12-11-15-8-7-9-16(14-15)23-13-6-5-10-17(20(25)27-3)19(23)21(26)28-4/h5-10,13-14H,11-12H2,1-4H3. The van der Waals surface area contributed by atoms with Gasteiger partial charge >= 0.3 is 11.9 Å². The van der Waals surface area contributed by atoms with E-state index in [-0.39, 0.29) is 17.2 Å². The van der Waals surface area contributed by atoms with Gasteiger partial charge in [0.15, 0.2) is 0 Å².